The normalized spacial score (nSPS) is 22.5. The fraction of sp³-hybridized carbons (Fsp3) is 0.923. The molecule has 1 amide bonds. The summed E-state index contributed by atoms with van der Waals surface area (Å²) >= 11 is 0. The van der Waals surface area contributed by atoms with Gasteiger partial charge in [0.1, 0.15) is 0 Å². The van der Waals surface area contributed by atoms with Crippen molar-refractivity contribution >= 4 is 5.91 Å². The SMILES string of the molecule is CCOCC(NC(=O)[C@H]1CCCNC1)C(C)C. The van der Waals surface area contributed by atoms with Gasteiger partial charge in [0.2, 0.25) is 5.91 Å². The zero-order valence-corrected chi connectivity index (χ0v) is 11.3. The Morgan fingerprint density at radius 3 is 2.82 bits per heavy atom. The lowest BCUT2D eigenvalue weighted by atomic mass is 9.97. The minimum Gasteiger partial charge on any atom is -0.380 e. The van der Waals surface area contributed by atoms with Gasteiger partial charge in [-0.1, -0.05) is 13.8 Å². The first-order valence-electron chi connectivity index (χ1n) is 6.74. The van der Waals surface area contributed by atoms with Crippen LogP contribution in [0.1, 0.15) is 33.6 Å². The summed E-state index contributed by atoms with van der Waals surface area (Å²) in [6.45, 7) is 9.36. The highest BCUT2D eigenvalue weighted by atomic mass is 16.5. The topological polar surface area (TPSA) is 50.4 Å². The maximum absolute atomic E-state index is 12.1. The molecule has 0 aromatic carbocycles. The van der Waals surface area contributed by atoms with E-state index in [0.717, 1.165) is 25.9 Å². The van der Waals surface area contributed by atoms with Crippen LogP contribution < -0.4 is 10.6 Å². The molecule has 1 heterocycles. The van der Waals surface area contributed by atoms with Gasteiger partial charge >= 0.3 is 0 Å². The number of piperidine rings is 1. The number of amides is 1. The van der Waals surface area contributed by atoms with Crippen molar-refractivity contribution in [3.8, 4) is 0 Å². The number of rotatable bonds is 6. The third-order valence-corrected chi connectivity index (χ3v) is 3.30. The van der Waals surface area contributed by atoms with E-state index in [2.05, 4.69) is 24.5 Å². The summed E-state index contributed by atoms with van der Waals surface area (Å²) in [6, 6.07) is 0.129. The van der Waals surface area contributed by atoms with Gasteiger partial charge in [-0.05, 0) is 32.2 Å². The number of ether oxygens (including phenoxy) is 1. The van der Waals surface area contributed by atoms with E-state index in [0.29, 0.717) is 19.1 Å². The number of nitrogens with one attached hydrogen (secondary N) is 2. The smallest absolute Gasteiger partial charge is 0.224 e. The molecule has 17 heavy (non-hydrogen) atoms. The van der Waals surface area contributed by atoms with Crippen molar-refractivity contribution in [2.75, 3.05) is 26.3 Å². The predicted molar refractivity (Wildman–Crippen MR) is 68.9 cm³/mol. The molecule has 100 valence electrons. The molecule has 2 atom stereocenters. The second-order valence-electron chi connectivity index (χ2n) is 5.06. The monoisotopic (exact) mass is 242 g/mol. The van der Waals surface area contributed by atoms with Crippen LogP contribution in [0.3, 0.4) is 0 Å². The van der Waals surface area contributed by atoms with Crippen LogP contribution in [0.25, 0.3) is 0 Å². The fourth-order valence-corrected chi connectivity index (χ4v) is 2.02. The number of carbonyl (C=O) groups is 1. The van der Waals surface area contributed by atoms with Crippen molar-refractivity contribution in [1.82, 2.24) is 10.6 Å². The first-order chi connectivity index (χ1) is 8.15. The predicted octanol–water partition coefficient (Wildman–Crippen LogP) is 1.16. The molecular weight excluding hydrogens is 216 g/mol. The van der Waals surface area contributed by atoms with Crippen molar-refractivity contribution in [2.24, 2.45) is 11.8 Å². The van der Waals surface area contributed by atoms with E-state index in [-0.39, 0.29) is 17.9 Å². The summed E-state index contributed by atoms with van der Waals surface area (Å²) in [7, 11) is 0. The lowest BCUT2D eigenvalue weighted by Crippen LogP contribution is -2.47. The standard InChI is InChI=1S/C13H26N2O2/c1-4-17-9-12(10(2)3)15-13(16)11-6-5-7-14-8-11/h10-12,14H,4-9H2,1-3H3,(H,15,16)/t11-,12?/m0/s1. The third kappa shape index (κ3) is 5.04. The Hall–Kier alpha value is -0.610. The van der Waals surface area contributed by atoms with Crippen LogP contribution >= 0.6 is 0 Å². The Balaban J connectivity index is 2.39. The van der Waals surface area contributed by atoms with Gasteiger partial charge in [-0.25, -0.2) is 0 Å². The molecule has 0 spiro atoms. The lowest BCUT2D eigenvalue weighted by Gasteiger charge is -2.27. The molecule has 4 heteroatoms. The Labute approximate surface area is 104 Å². The van der Waals surface area contributed by atoms with Crippen LogP contribution in [0.4, 0.5) is 0 Å². The highest BCUT2D eigenvalue weighted by Gasteiger charge is 2.24. The molecule has 0 bridgehead atoms. The van der Waals surface area contributed by atoms with Crippen LogP contribution in [0.15, 0.2) is 0 Å². The molecule has 1 saturated heterocycles. The van der Waals surface area contributed by atoms with Crippen molar-refractivity contribution in [2.45, 2.75) is 39.7 Å². The van der Waals surface area contributed by atoms with Crippen LogP contribution in [0.2, 0.25) is 0 Å². The van der Waals surface area contributed by atoms with Crippen molar-refractivity contribution in [3.63, 3.8) is 0 Å². The molecule has 0 saturated carbocycles. The summed E-state index contributed by atoms with van der Waals surface area (Å²) in [5.41, 5.74) is 0. The molecular formula is C13H26N2O2. The third-order valence-electron chi connectivity index (χ3n) is 3.30. The maximum atomic E-state index is 12.1. The quantitative estimate of drug-likeness (QED) is 0.735. The van der Waals surface area contributed by atoms with E-state index in [1.807, 2.05) is 6.92 Å². The zero-order chi connectivity index (χ0) is 12.7. The largest absolute Gasteiger partial charge is 0.380 e. The van der Waals surface area contributed by atoms with E-state index in [1.54, 1.807) is 0 Å². The van der Waals surface area contributed by atoms with Crippen molar-refractivity contribution < 1.29 is 9.53 Å². The summed E-state index contributed by atoms with van der Waals surface area (Å²) in [5, 5.41) is 6.39. The number of hydrogen-bond donors (Lipinski definition) is 2. The average Bonchev–Trinajstić information content (AvgIpc) is 2.35. The van der Waals surface area contributed by atoms with Gasteiger partial charge in [0.25, 0.3) is 0 Å². The molecule has 0 aromatic heterocycles. The highest BCUT2D eigenvalue weighted by molar-refractivity contribution is 5.79. The maximum Gasteiger partial charge on any atom is 0.224 e. The van der Waals surface area contributed by atoms with Gasteiger partial charge in [0, 0.05) is 13.2 Å². The molecule has 1 fully saturated rings. The molecule has 1 unspecified atom stereocenters. The van der Waals surface area contributed by atoms with Gasteiger partial charge in [-0.15, -0.1) is 0 Å². The molecule has 1 aliphatic rings. The van der Waals surface area contributed by atoms with Gasteiger partial charge in [-0.2, -0.15) is 0 Å². The lowest BCUT2D eigenvalue weighted by molar-refractivity contribution is -0.127. The fourth-order valence-electron chi connectivity index (χ4n) is 2.02. The van der Waals surface area contributed by atoms with Crippen LogP contribution in [0, 0.1) is 11.8 Å². The second kappa shape index (κ2) is 7.67. The van der Waals surface area contributed by atoms with Crippen LogP contribution in [-0.2, 0) is 9.53 Å². The minimum atomic E-state index is 0.129. The van der Waals surface area contributed by atoms with Crippen LogP contribution in [-0.4, -0.2) is 38.3 Å². The summed E-state index contributed by atoms with van der Waals surface area (Å²) in [6.07, 6.45) is 2.09. The molecule has 0 aliphatic carbocycles. The van der Waals surface area contributed by atoms with Gasteiger partial charge < -0.3 is 15.4 Å². The van der Waals surface area contributed by atoms with E-state index < -0.39 is 0 Å². The van der Waals surface area contributed by atoms with Crippen molar-refractivity contribution in [3.05, 3.63) is 0 Å². The Morgan fingerprint density at radius 2 is 2.29 bits per heavy atom. The molecule has 2 N–H and O–H groups in total. The molecule has 4 nitrogen and oxygen atoms in total. The summed E-state index contributed by atoms with van der Waals surface area (Å²) in [4.78, 5) is 12.1. The highest BCUT2D eigenvalue weighted by Crippen LogP contribution is 2.11. The molecule has 1 aliphatic heterocycles. The molecule has 0 aromatic rings. The average molecular weight is 242 g/mol. The van der Waals surface area contributed by atoms with Crippen molar-refractivity contribution in [1.29, 1.82) is 0 Å². The zero-order valence-electron chi connectivity index (χ0n) is 11.3. The molecule has 1 rings (SSSR count). The minimum absolute atomic E-state index is 0.129. The summed E-state index contributed by atoms with van der Waals surface area (Å²) in [5.74, 6) is 0.712. The van der Waals surface area contributed by atoms with Gasteiger partial charge in [-0.3, -0.25) is 4.79 Å². The van der Waals surface area contributed by atoms with E-state index in [4.69, 9.17) is 4.74 Å². The summed E-state index contributed by atoms with van der Waals surface area (Å²) < 4.78 is 5.41. The van der Waals surface area contributed by atoms with E-state index >= 15 is 0 Å². The van der Waals surface area contributed by atoms with E-state index in [1.165, 1.54) is 0 Å². The Bertz CT molecular complexity index is 225. The second-order valence-corrected chi connectivity index (χ2v) is 5.06. The van der Waals surface area contributed by atoms with E-state index in [9.17, 15) is 4.79 Å². The first-order valence-corrected chi connectivity index (χ1v) is 6.74. The number of carbonyl (C=O) groups excluding carboxylic acids is 1. The van der Waals surface area contributed by atoms with Gasteiger partial charge in [0.05, 0.1) is 18.6 Å². The number of hydrogen-bond acceptors (Lipinski definition) is 3. The Kier molecular flexibility index (Phi) is 6.52. The van der Waals surface area contributed by atoms with Crippen LogP contribution in [0.5, 0.6) is 0 Å². The molecule has 0 radical (unpaired) electrons. The van der Waals surface area contributed by atoms with Gasteiger partial charge in [0.15, 0.2) is 0 Å². The first kappa shape index (κ1) is 14.5. The Morgan fingerprint density at radius 1 is 1.53 bits per heavy atom.